The van der Waals surface area contributed by atoms with Crippen molar-refractivity contribution in [2.45, 2.75) is 6.04 Å². The minimum Gasteiger partial charge on any atom is -0.497 e. The van der Waals surface area contributed by atoms with Crippen molar-refractivity contribution in [3.05, 3.63) is 65.5 Å². The van der Waals surface area contributed by atoms with Crippen LogP contribution in [0.5, 0.6) is 5.75 Å². The summed E-state index contributed by atoms with van der Waals surface area (Å²) >= 11 is 0. The Bertz CT molecular complexity index is 985. The quantitative estimate of drug-likeness (QED) is 0.664. The van der Waals surface area contributed by atoms with E-state index in [9.17, 15) is 9.59 Å². The first-order valence-electron chi connectivity index (χ1n) is 10.5. The van der Waals surface area contributed by atoms with Crippen LogP contribution in [-0.2, 0) is 9.53 Å². The lowest BCUT2D eigenvalue weighted by Gasteiger charge is -2.37. The normalized spacial score (nSPS) is 19.2. The number of esters is 1. The van der Waals surface area contributed by atoms with Gasteiger partial charge in [0.1, 0.15) is 11.6 Å². The molecular weight excluding hydrogens is 410 g/mol. The Morgan fingerprint density at radius 3 is 2.47 bits per heavy atom. The van der Waals surface area contributed by atoms with Crippen molar-refractivity contribution in [1.82, 2.24) is 20.5 Å². The highest BCUT2D eigenvalue weighted by Gasteiger charge is 2.34. The number of nitrogens with one attached hydrogen (secondary N) is 2. The second kappa shape index (κ2) is 9.69. The number of ether oxygens (including phenoxy) is 2. The zero-order valence-electron chi connectivity index (χ0n) is 18.2. The molecule has 1 saturated heterocycles. The number of methoxy groups -OCH3 is 2. The maximum absolute atomic E-state index is 12.7. The van der Waals surface area contributed by atoms with Crippen molar-refractivity contribution >= 4 is 17.8 Å². The third-order valence-corrected chi connectivity index (χ3v) is 5.74. The van der Waals surface area contributed by atoms with Crippen molar-refractivity contribution in [2.75, 3.05) is 51.8 Å². The number of hydrogen-bond acceptors (Lipinski definition) is 7. The molecule has 2 aromatic rings. The smallest absolute Gasteiger partial charge is 0.338 e. The molecule has 3 heterocycles. The number of pyridine rings is 1. The maximum Gasteiger partial charge on any atom is 0.338 e. The number of amides is 2. The van der Waals surface area contributed by atoms with E-state index >= 15 is 0 Å². The van der Waals surface area contributed by atoms with Crippen LogP contribution < -0.4 is 20.3 Å². The van der Waals surface area contributed by atoms with Crippen LogP contribution >= 0.6 is 0 Å². The molecule has 2 aliphatic rings. The topological polar surface area (TPSA) is 96.0 Å². The summed E-state index contributed by atoms with van der Waals surface area (Å²) in [6.07, 6.45) is 1.79. The highest BCUT2D eigenvalue weighted by atomic mass is 16.5. The predicted molar refractivity (Wildman–Crippen MR) is 119 cm³/mol. The van der Waals surface area contributed by atoms with Crippen molar-refractivity contribution in [3.8, 4) is 5.75 Å². The molecule has 2 N–H and O–H groups in total. The molecule has 0 spiro atoms. The summed E-state index contributed by atoms with van der Waals surface area (Å²) in [6.45, 7) is 3.63. The SMILES string of the molecule is COC(=O)C1=C(CN2CCN(c3ccccn3)CC2)NC(=O)N[C@H]1c1ccc(OC)cc1. The van der Waals surface area contributed by atoms with E-state index in [4.69, 9.17) is 9.47 Å². The maximum atomic E-state index is 12.7. The molecule has 0 bridgehead atoms. The first-order chi connectivity index (χ1) is 15.6. The van der Waals surface area contributed by atoms with Gasteiger partial charge in [0.2, 0.25) is 0 Å². The fourth-order valence-corrected chi connectivity index (χ4v) is 4.04. The summed E-state index contributed by atoms with van der Waals surface area (Å²) in [4.78, 5) is 34.0. The van der Waals surface area contributed by atoms with Gasteiger partial charge in [0, 0.05) is 44.6 Å². The lowest BCUT2D eigenvalue weighted by Crippen LogP contribution is -2.51. The van der Waals surface area contributed by atoms with E-state index in [2.05, 4.69) is 25.4 Å². The zero-order chi connectivity index (χ0) is 22.5. The van der Waals surface area contributed by atoms with E-state index in [0.717, 1.165) is 37.6 Å². The lowest BCUT2D eigenvalue weighted by atomic mass is 9.95. The summed E-state index contributed by atoms with van der Waals surface area (Å²) in [5, 5.41) is 5.68. The Balaban J connectivity index is 1.54. The van der Waals surface area contributed by atoms with E-state index in [1.807, 2.05) is 30.3 Å². The van der Waals surface area contributed by atoms with Gasteiger partial charge in [-0.3, -0.25) is 4.90 Å². The number of urea groups is 1. The molecular formula is C23H27N5O4. The van der Waals surface area contributed by atoms with E-state index in [1.54, 1.807) is 25.4 Å². The second-order valence-corrected chi connectivity index (χ2v) is 7.64. The Hall–Kier alpha value is -3.59. The van der Waals surface area contributed by atoms with E-state index in [-0.39, 0.29) is 6.03 Å². The monoisotopic (exact) mass is 437 g/mol. The molecule has 1 aromatic heterocycles. The van der Waals surface area contributed by atoms with Gasteiger partial charge in [-0.25, -0.2) is 14.6 Å². The number of piperazine rings is 1. The lowest BCUT2D eigenvalue weighted by molar-refractivity contribution is -0.136. The van der Waals surface area contributed by atoms with Gasteiger partial charge in [-0.05, 0) is 29.8 Å². The fourth-order valence-electron chi connectivity index (χ4n) is 4.04. The first kappa shape index (κ1) is 21.6. The van der Waals surface area contributed by atoms with Gasteiger partial charge in [-0.1, -0.05) is 18.2 Å². The van der Waals surface area contributed by atoms with Crippen LogP contribution in [-0.4, -0.2) is 68.8 Å². The summed E-state index contributed by atoms with van der Waals surface area (Å²) < 4.78 is 10.3. The molecule has 4 rings (SSSR count). The number of carbonyl (C=O) groups is 2. The molecule has 2 amide bonds. The molecule has 32 heavy (non-hydrogen) atoms. The molecule has 9 heteroatoms. The number of carbonyl (C=O) groups excluding carboxylic acids is 2. The molecule has 1 fully saturated rings. The Kier molecular flexibility index (Phi) is 6.55. The minimum atomic E-state index is -0.605. The Morgan fingerprint density at radius 1 is 1.09 bits per heavy atom. The summed E-state index contributed by atoms with van der Waals surface area (Å²) in [6, 6.07) is 12.2. The van der Waals surface area contributed by atoms with Crippen LogP contribution in [0.25, 0.3) is 0 Å². The van der Waals surface area contributed by atoms with Crippen LogP contribution in [0.15, 0.2) is 59.9 Å². The highest BCUT2D eigenvalue weighted by Crippen LogP contribution is 2.29. The van der Waals surface area contributed by atoms with Crippen LogP contribution in [0, 0.1) is 0 Å². The van der Waals surface area contributed by atoms with Gasteiger partial charge < -0.3 is 25.0 Å². The molecule has 0 radical (unpaired) electrons. The molecule has 0 unspecified atom stereocenters. The number of benzene rings is 1. The Morgan fingerprint density at radius 2 is 1.84 bits per heavy atom. The third-order valence-electron chi connectivity index (χ3n) is 5.74. The van der Waals surface area contributed by atoms with Crippen LogP contribution in [0.4, 0.5) is 10.6 Å². The van der Waals surface area contributed by atoms with Crippen LogP contribution in [0.1, 0.15) is 11.6 Å². The molecule has 0 aliphatic carbocycles. The summed E-state index contributed by atoms with van der Waals surface area (Å²) in [5.74, 6) is 1.18. The average molecular weight is 438 g/mol. The van der Waals surface area contributed by atoms with Crippen molar-refractivity contribution in [2.24, 2.45) is 0 Å². The first-order valence-corrected chi connectivity index (χ1v) is 10.5. The molecule has 0 saturated carbocycles. The molecule has 168 valence electrons. The van der Waals surface area contributed by atoms with Gasteiger partial charge in [0.25, 0.3) is 0 Å². The van der Waals surface area contributed by atoms with Gasteiger partial charge in [0.15, 0.2) is 0 Å². The van der Waals surface area contributed by atoms with Crippen LogP contribution in [0.2, 0.25) is 0 Å². The van der Waals surface area contributed by atoms with E-state index in [0.29, 0.717) is 23.6 Å². The van der Waals surface area contributed by atoms with E-state index in [1.165, 1.54) is 7.11 Å². The standard InChI is InChI=1S/C23H27N5O4/c1-31-17-8-6-16(7-9-17)21-20(22(29)32-2)18(25-23(30)26-21)15-27-11-13-28(14-12-27)19-5-3-4-10-24-19/h3-10,21H,11-15H2,1-2H3,(H2,25,26,30)/t21-/m0/s1. The second-order valence-electron chi connectivity index (χ2n) is 7.64. The fraction of sp³-hybridized carbons (Fsp3) is 0.348. The van der Waals surface area contributed by atoms with Crippen LogP contribution in [0.3, 0.4) is 0 Å². The number of aromatic nitrogens is 1. The van der Waals surface area contributed by atoms with Gasteiger partial charge >= 0.3 is 12.0 Å². The number of rotatable bonds is 6. The largest absolute Gasteiger partial charge is 0.497 e. The van der Waals surface area contributed by atoms with Crippen molar-refractivity contribution in [3.63, 3.8) is 0 Å². The minimum absolute atomic E-state index is 0.347. The van der Waals surface area contributed by atoms with Crippen molar-refractivity contribution in [1.29, 1.82) is 0 Å². The van der Waals surface area contributed by atoms with Gasteiger partial charge in [-0.2, -0.15) is 0 Å². The number of nitrogens with zero attached hydrogens (tertiary/aromatic N) is 3. The molecule has 9 nitrogen and oxygen atoms in total. The Labute approximate surface area is 187 Å². The predicted octanol–water partition coefficient (Wildman–Crippen LogP) is 1.69. The third kappa shape index (κ3) is 4.67. The molecule has 2 aliphatic heterocycles. The number of anilines is 1. The van der Waals surface area contributed by atoms with Gasteiger partial charge in [-0.15, -0.1) is 0 Å². The van der Waals surface area contributed by atoms with E-state index < -0.39 is 12.0 Å². The molecule has 1 atom stereocenters. The summed E-state index contributed by atoms with van der Waals surface area (Å²) in [7, 11) is 2.94. The van der Waals surface area contributed by atoms with Gasteiger partial charge in [0.05, 0.1) is 25.8 Å². The summed E-state index contributed by atoms with van der Waals surface area (Å²) in [5.41, 5.74) is 1.75. The number of hydrogen-bond donors (Lipinski definition) is 2. The molecule has 1 aromatic carbocycles. The van der Waals surface area contributed by atoms with Crippen molar-refractivity contribution < 1.29 is 19.1 Å². The highest BCUT2D eigenvalue weighted by molar-refractivity contribution is 5.95. The zero-order valence-corrected chi connectivity index (χ0v) is 18.2. The average Bonchev–Trinajstić information content (AvgIpc) is 2.84.